The molecule has 4 N–H and O–H groups in total. The molecule has 0 fully saturated rings. The highest BCUT2D eigenvalue weighted by atomic mass is 14.7. The Kier molecular flexibility index (Phi) is 2.71. The fourth-order valence-electron chi connectivity index (χ4n) is 1.24. The molecule has 1 rings (SSSR count). The summed E-state index contributed by atoms with van der Waals surface area (Å²) >= 11 is 0. The van der Waals surface area contributed by atoms with E-state index in [2.05, 4.69) is 13.0 Å². The minimum absolute atomic E-state index is 0.0740. The second kappa shape index (κ2) is 3.59. The SMILES string of the molecule is CC[C@H](N)c1cc(C)ccc1N. The highest BCUT2D eigenvalue weighted by Crippen LogP contribution is 2.21. The van der Waals surface area contributed by atoms with Crippen LogP contribution in [0.5, 0.6) is 0 Å². The van der Waals surface area contributed by atoms with E-state index in [9.17, 15) is 0 Å². The summed E-state index contributed by atoms with van der Waals surface area (Å²) in [6.45, 7) is 4.11. The Morgan fingerprint density at radius 1 is 1.42 bits per heavy atom. The van der Waals surface area contributed by atoms with Crippen LogP contribution in [0.1, 0.15) is 30.5 Å². The number of hydrogen-bond donors (Lipinski definition) is 2. The van der Waals surface area contributed by atoms with Crippen molar-refractivity contribution in [3.8, 4) is 0 Å². The van der Waals surface area contributed by atoms with Crippen molar-refractivity contribution < 1.29 is 0 Å². The van der Waals surface area contributed by atoms with Gasteiger partial charge in [-0.15, -0.1) is 0 Å². The molecule has 2 nitrogen and oxygen atoms in total. The summed E-state index contributed by atoms with van der Waals surface area (Å²) in [4.78, 5) is 0. The number of benzene rings is 1. The Morgan fingerprint density at radius 3 is 2.67 bits per heavy atom. The van der Waals surface area contributed by atoms with Crippen LogP contribution in [0.25, 0.3) is 0 Å². The van der Waals surface area contributed by atoms with Crippen LogP contribution in [-0.2, 0) is 0 Å². The summed E-state index contributed by atoms with van der Waals surface area (Å²) < 4.78 is 0. The Balaban J connectivity index is 3.04. The van der Waals surface area contributed by atoms with Crippen molar-refractivity contribution in [3.63, 3.8) is 0 Å². The molecule has 2 heteroatoms. The molecule has 1 aromatic carbocycles. The van der Waals surface area contributed by atoms with Crippen molar-refractivity contribution in [1.29, 1.82) is 0 Å². The average molecular weight is 164 g/mol. The van der Waals surface area contributed by atoms with E-state index >= 15 is 0 Å². The van der Waals surface area contributed by atoms with E-state index in [1.54, 1.807) is 0 Å². The van der Waals surface area contributed by atoms with E-state index in [4.69, 9.17) is 11.5 Å². The third-order valence-electron chi connectivity index (χ3n) is 2.08. The van der Waals surface area contributed by atoms with Gasteiger partial charge < -0.3 is 11.5 Å². The first kappa shape index (κ1) is 9.07. The van der Waals surface area contributed by atoms with Crippen molar-refractivity contribution in [1.82, 2.24) is 0 Å². The van der Waals surface area contributed by atoms with Gasteiger partial charge in [0.15, 0.2) is 0 Å². The Hall–Kier alpha value is -1.02. The predicted molar refractivity (Wildman–Crippen MR) is 52.8 cm³/mol. The standard InChI is InChI=1S/C10H16N2/c1-3-9(11)8-6-7(2)4-5-10(8)12/h4-6,9H,3,11-12H2,1-2H3/t9-/m0/s1. The van der Waals surface area contributed by atoms with Gasteiger partial charge in [-0.05, 0) is 25.0 Å². The highest BCUT2D eigenvalue weighted by Gasteiger charge is 2.06. The monoisotopic (exact) mass is 164 g/mol. The van der Waals surface area contributed by atoms with Gasteiger partial charge in [0.2, 0.25) is 0 Å². The largest absolute Gasteiger partial charge is 0.398 e. The van der Waals surface area contributed by atoms with Crippen LogP contribution in [0.3, 0.4) is 0 Å². The molecule has 0 saturated carbocycles. The zero-order valence-electron chi connectivity index (χ0n) is 7.67. The maximum Gasteiger partial charge on any atom is 0.0362 e. The van der Waals surface area contributed by atoms with E-state index in [-0.39, 0.29) is 6.04 Å². The molecule has 0 aromatic heterocycles. The molecule has 66 valence electrons. The summed E-state index contributed by atoms with van der Waals surface area (Å²) in [5.74, 6) is 0. The molecule has 0 spiro atoms. The third kappa shape index (κ3) is 1.77. The molecule has 1 aromatic rings. The van der Waals surface area contributed by atoms with Crippen LogP contribution in [0.2, 0.25) is 0 Å². The lowest BCUT2D eigenvalue weighted by Crippen LogP contribution is -2.11. The summed E-state index contributed by atoms with van der Waals surface area (Å²) in [5.41, 5.74) is 14.7. The minimum atomic E-state index is 0.0740. The molecule has 0 unspecified atom stereocenters. The normalized spacial score (nSPS) is 12.9. The summed E-state index contributed by atoms with van der Waals surface area (Å²) in [7, 11) is 0. The number of nitrogens with two attached hydrogens (primary N) is 2. The molecule has 12 heavy (non-hydrogen) atoms. The molecule has 0 radical (unpaired) electrons. The van der Waals surface area contributed by atoms with Gasteiger partial charge in [-0.1, -0.05) is 24.6 Å². The number of anilines is 1. The van der Waals surface area contributed by atoms with Crippen molar-refractivity contribution >= 4 is 5.69 Å². The Labute approximate surface area is 73.6 Å². The van der Waals surface area contributed by atoms with E-state index < -0.39 is 0 Å². The van der Waals surface area contributed by atoms with E-state index in [1.807, 2.05) is 19.1 Å². The number of hydrogen-bond acceptors (Lipinski definition) is 2. The molecule has 0 saturated heterocycles. The van der Waals surface area contributed by atoms with Crippen LogP contribution >= 0.6 is 0 Å². The second-order valence-corrected chi connectivity index (χ2v) is 3.15. The minimum Gasteiger partial charge on any atom is -0.398 e. The number of aryl methyl sites for hydroxylation is 1. The molecule has 0 aliphatic heterocycles. The fourth-order valence-corrected chi connectivity index (χ4v) is 1.24. The predicted octanol–water partition coefficient (Wildman–Crippen LogP) is 1.99. The van der Waals surface area contributed by atoms with Crippen LogP contribution in [-0.4, -0.2) is 0 Å². The molecule has 0 bridgehead atoms. The smallest absolute Gasteiger partial charge is 0.0362 e. The van der Waals surface area contributed by atoms with Crippen LogP contribution < -0.4 is 11.5 Å². The van der Waals surface area contributed by atoms with Crippen LogP contribution in [0, 0.1) is 6.92 Å². The summed E-state index contributed by atoms with van der Waals surface area (Å²) in [6, 6.07) is 6.05. The first-order valence-corrected chi connectivity index (χ1v) is 4.26. The van der Waals surface area contributed by atoms with Gasteiger partial charge in [-0.25, -0.2) is 0 Å². The number of rotatable bonds is 2. The van der Waals surface area contributed by atoms with Gasteiger partial charge >= 0.3 is 0 Å². The van der Waals surface area contributed by atoms with Gasteiger partial charge in [0.25, 0.3) is 0 Å². The molecule has 1 atom stereocenters. The maximum atomic E-state index is 5.88. The zero-order chi connectivity index (χ0) is 9.14. The third-order valence-corrected chi connectivity index (χ3v) is 2.08. The fraction of sp³-hybridized carbons (Fsp3) is 0.400. The van der Waals surface area contributed by atoms with Gasteiger partial charge in [0.1, 0.15) is 0 Å². The first-order chi connectivity index (χ1) is 5.65. The van der Waals surface area contributed by atoms with Gasteiger partial charge in [0, 0.05) is 11.7 Å². The summed E-state index contributed by atoms with van der Waals surface area (Å²) in [6.07, 6.45) is 0.924. The summed E-state index contributed by atoms with van der Waals surface area (Å²) in [5, 5.41) is 0. The van der Waals surface area contributed by atoms with E-state index in [0.717, 1.165) is 17.7 Å². The molecule has 0 heterocycles. The maximum absolute atomic E-state index is 5.88. The molecular weight excluding hydrogens is 148 g/mol. The zero-order valence-corrected chi connectivity index (χ0v) is 7.67. The van der Waals surface area contributed by atoms with E-state index in [1.165, 1.54) is 5.56 Å². The lowest BCUT2D eigenvalue weighted by molar-refractivity contribution is 0.700. The Morgan fingerprint density at radius 2 is 2.08 bits per heavy atom. The number of nitrogen functional groups attached to an aromatic ring is 1. The molecule has 0 aliphatic rings. The topological polar surface area (TPSA) is 52.0 Å². The van der Waals surface area contributed by atoms with Gasteiger partial charge in [-0.2, -0.15) is 0 Å². The average Bonchev–Trinajstić information content (AvgIpc) is 2.08. The Bertz CT molecular complexity index is 269. The first-order valence-electron chi connectivity index (χ1n) is 4.26. The van der Waals surface area contributed by atoms with Crippen molar-refractivity contribution in [3.05, 3.63) is 29.3 Å². The molecule has 0 amide bonds. The lowest BCUT2D eigenvalue weighted by atomic mass is 10.0. The van der Waals surface area contributed by atoms with Crippen LogP contribution in [0.4, 0.5) is 5.69 Å². The van der Waals surface area contributed by atoms with Gasteiger partial charge in [0.05, 0.1) is 0 Å². The van der Waals surface area contributed by atoms with Gasteiger partial charge in [-0.3, -0.25) is 0 Å². The molecule has 0 aliphatic carbocycles. The van der Waals surface area contributed by atoms with Crippen molar-refractivity contribution in [2.75, 3.05) is 5.73 Å². The van der Waals surface area contributed by atoms with Crippen molar-refractivity contribution in [2.45, 2.75) is 26.3 Å². The van der Waals surface area contributed by atoms with E-state index in [0.29, 0.717) is 0 Å². The highest BCUT2D eigenvalue weighted by molar-refractivity contribution is 5.49. The van der Waals surface area contributed by atoms with Crippen molar-refractivity contribution in [2.24, 2.45) is 5.73 Å². The van der Waals surface area contributed by atoms with Crippen LogP contribution in [0.15, 0.2) is 18.2 Å². The quantitative estimate of drug-likeness (QED) is 0.657. The lowest BCUT2D eigenvalue weighted by Gasteiger charge is -2.12. The second-order valence-electron chi connectivity index (χ2n) is 3.15. The molecular formula is C10H16N2.